The number of sulfone groups is 1. The first kappa shape index (κ1) is 22.2. The largest absolute Gasteiger partial charge is 0.353 e. The van der Waals surface area contributed by atoms with Crippen molar-refractivity contribution in [1.29, 1.82) is 0 Å². The van der Waals surface area contributed by atoms with Crippen molar-refractivity contribution in [3.8, 4) is 0 Å². The average molecular weight is 433 g/mol. The van der Waals surface area contributed by atoms with Gasteiger partial charge in [0.1, 0.15) is 6.04 Å². The number of amides is 3. The van der Waals surface area contributed by atoms with Gasteiger partial charge in [-0.05, 0) is 37.3 Å². The van der Waals surface area contributed by atoms with Gasteiger partial charge in [0.2, 0.25) is 17.7 Å². The number of hydrogen-bond donors (Lipinski definition) is 1. The molecule has 1 aromatic carbocycles. The Balaban J connectivity index is 1.69. The summed E-state index contributed by atoms with van der Waals surface area (Å²) in [7, 11) is -3.53. The second-order valence-corrected chi connectivity index (χ2v) is 10.4. The number of fused-ring (bicyclic) bond motifs is 1. The van der Waals surface area contributed by atoms with Gasteiger partial charge in [-0.1, -0.05) is 44.2 Å². The molecule has 1 fully saturated rings. The smallest absolute Gasteiger partial charge is 0.243 e. The van der Waals surface area contributed by atoms with Crippen LogP contribution < -0.4 is 5.32 Å². The number of benzene rings is 1. The third-order valence-corrected chi connectivity index (χ3v) is 7.35. The summed E-state index contributed by atoms with van der Waals surface area (Å²) in [4.78, 5) is 40.0. The molecule has 0 saturated carbocycles. The number of likely N-dealkylation sites (tertiary alicyclic amines) is 1. The fraction of sp³-hybridized carbons (Fsp3) is 0.500. The van der Waals surface area contributed by atoms with Crippen LogP contribution in [0.1, 0.15) is 33.1 Å². The summed E-state index contributed by atoms with van der Waals surface area (Å²) in [5.41, 5.74) is 0. The first-order valence-corrected chi connectivity index (χ1v) is 11.9. The maximum atomic E-state index is 12.9. The van der Waals surface area contributed by atoms with Crippen LogP contribution in [0, 0.1) is 17.8 Å². The van der Waals surface area contributed by atoms with E-state index in [1.807, 2.05) is 26.0 Å². The SMILES string of the molecule is CC(C)CC(C(=O)NCCS(=O)(=O)c1ccccc1)N1C(=O)C2CC=CCC2C1=O. The van der Waals surface area contributed by atoms with Gasteiger partial charge in [0, 0.05) is 6.54 Å². The first-order valence-electron chi connectivity index (χ1n) is 10.3. The molecule has 162 valence electrons. The predicted octanol–water partition coefficient (Wildman–Crippen LogP) is 1.94. The van der Waals surface area contributed by atoms with E-state index in [9.17, 15) is 22.8 Å². The molecule has 0 bridgehead atoms. The second-order valence-electron chi connectivity index (χ2n) is 8.27. The first-order chi connectivity index (χ1) is 14.2. The van der Waals surface area contributed by atoms with Crippen molar-refractivity contribution in [2.45, 2.75) is 44.0 Å². The Morgan fingerprint density at radius 2 is 1.63 bits per heavy atom. The van der Waals surface area contributed by atoms with Gasteiger partial charge in [-0.25, -0.2) is 8.42 Å². The molecule has 3 amide bonds. The van der Waals surface area contributed by atoms with Crippen LogP contribution in [0.15, 0.2) is 47.4 Å². The van der Waals surface area contributed by atoms with E-state index in [4.69, 9.17) is 0 Å². The zero-order chi connectivity index (χ0) is 21.9. The molecule has 1 aliphatic heterocycles. The molecule has 30 heavy (non-hydrogen) atoms. The van der Waals surface area contributed by atoms with E-state index in [1.165, 1.54) is 12.1 Å². The summed E-state index contributed by atoms with van der Waals surface area (Å²) in [5, 5.41) is 2.63. The van der Waals surface area contributed by atoms with Gasteiger partial charge in [-0.2, -0.15) is 0 Å². The van der Waals surface area contributed by atoms with Gasteiger partial charge in [-0.15, -0.1) is 0 Å². The molecule has 1 heterocycles. The lowest BCUT2D eigenvalue weighted by Gasteiger charge is -2.27. The van der Waals surface area contributed by atoms with Crippen molar-refractivity contribution in [2.75, 3.05) is 12.3 Å². The molecule has 0 aromatic heterocycles. The highest BCUT2D eigenvalue weighted by molar-refractivity contribution is 7.91. The van der Waals surface area contributed by atoms with Gasteiger partial charge < -0.3 is 5.32 Å². The number of nitrogens with one attached hydrogen (secondary N) is 1. The Labute approximate surface area is 177 Å². The maximum absolute atomic E-state index is 12.9. The van der Waals surface area contributed by atoms with Crippen LogP contribution in [0.25, 0.3) is 0 Å². The van der Waals surface area contributed by atoms with E-state index >= 15 is 0 Å². The summed E-state index contributed by atoms with van der Waals surface area (Å²) < 4.78 is 24.8. The molecule has 1 aromatic rings. The van der Waals surface area contributed by atoms with Crippen molar-refractivity contribution in [3.63, 3.8) is 0 Å². The van der Waals surface area contributed by atoms with E-state index < -0.39 is 33.6 Å². The van der Waals surface area contributed by atoms with Crippen LogP contribution in [0.4, 0.5) is 0 Å². The topological polar surface area (TPSA) is 101 Å². The molecule has 3 rings (SSSR count). The normalized spacial score (nSPS) is 22.3. The second kappa shape index (κ2) is 9.12. The predicted molar refractivity (Wildman–Crippen MR) is 112 cm³/mol. The highest BCUT2D eigenvalue weighted by Crippen LogP contribution is 2.37. The van der Waals surface area contributed by atoms with Crippen LogP contribution >= 0.6 is 0 Å². The Kier molecular flexibility index (Phi) is 6.75. The van der Waals surface area contributed by atoms with Crippen LogP contribution in [0.2, 0.25) is 0 Å². The van der Waals surface area contributed by atoms with Crippen molar-refractivity contribution in [2.24, 2.45) is 17.8 Å². The van der Waals surface area contributed by atoms with E-state index in [0.717, 1.165) is 4.90 Å². The van der Waals surface area contributed by atoms with Crippen molar-refractivity contribution >= 4 is 27.6 Å². The molecule has 3 atom stereocenters. The van der Waals surface area contributed by atoms with Gasteiger partial charge in [-0.3, -0.25) is 19.3 Å². The lowest BCUT2D eigenvalue weighted by Crippen LogP contribution is -2.51. The molecular formula is C22H28N2O5S. The van der Waals surface area contributed by atoms with Crippen LogP contribution in [-0.2, 0) is 24.2 Å². The zero-order valence-corrected chi connectivity index (χ0v) is 18.1. The van der Waals surface area contributed by atoms with Crippen LogP contribution in [0.5, 0.6) is 0 Å². The van der Waals surface area contributed by atoms with Gasteiger partial charge in [0.25, 0.3) is 0 Å². The maximum Gasteiger partial charge on any atom is 0.243 e. The van der Waals surface area contributed by atoms with E-state index in [2.05, 4.69) is 5.32 Å². The highest BCUT2D eigenvalue weighted by Gasteiger charge is 2.51. The molecule has 1 saturated heterocycles. The third-order valence-electron chi connectivity index (χ3n) is 5.62. The van der Waals surface area contributed by atoms with Gasteiger partial charge >= 0.3 is 0 Å². The third kappa shape index (κ3) is 4.64. The zero-order valence-electron chi connectivity index (χ0n) is 17.3. The Hall–Kier alpha value is -2.48. The van der Waals surface area contributed by atoms with E-state index in [-0.39, 0.29) is 34.9 Å². The Bertz CT molecular complexity index is 914. The van der Waals surface area contributed by atoms with E-state index in [1.54, 1.807) is 18.2 Å². The number of rotatable bonds is 8. The fourth-order valence-electron chi connectivity index (χ4n) is 4.08. The average Bonchev–Trinajstić information content (AvgIpc) is 2.97. The number of allylic oxidation sites excluding steroid dienone is 2. The summed E-state index contributed by atoms with van der Waals surface area (Å²) in [5.74, 6) is -2.06. The van der Waals surface area contributed by atoms with Crippen molar-refractivity contribution in [3.05, 3.63) is 42.5 Å². The Morgan fingerprint density at radius 3 is 2.17 bits per heavy atom. The molecule has 1 aliphatic carbocycles. The summed E-state index contributed by atoms with van der Waals surface area (Å²) >= 11 is 0. The van der Waals surface area contributed by atoms with Gasteiger partial charge in [0.05, 0.1) is 22.5 Å². The van der Waals surface area contributed by atoms with Crippen molar-refractivity contribution in [1.82, 2.24) is 10.2 Å². The summed E-state index contributed by atoms with van der Waals surface area (Å²) in [6.07, 6.45) is 5.17. The molecule has 1 N–H and O–H groups in total. The number of imide groups is 1. The molecule has 0 radical (unpaired) electrons. The highest BCUT2D eigenvalue weighted by atomic mass is 32.2. The number of hydrogen-bond acceptors (Lipinski definition) is 5. The number of nitrogens with zero attached hydrogens (tertiary/aromatic N) is 1. The minimum Gasteiger partial charge on any atom is -0.353 e. The molecule has 3 unspecified atom stereocenters. The standard InChI is InChI=1S/C22H28N2O5S/c1-15(2)14-19(24-21(26)17-10-6-7-11-18(17)22(24)27)20(25)23-12-13-30(28,29)16-8-4-3-5-9-16/h3-9,15,17-19H,10-14H2,1-2H3,(H,23,25). The number of carbonyl (C=O) groups is 3. The monoisotopic (exact) mass is 432 g/mol. The lowest BCUT2D eigenvalue weighted by atomic mass is 9.85. The number of carbonyl (C=O) groups excluding carboxylic acids is 3. The molecule has 2 aliphatic rings. The van der Waals surface area contributed by atoms with Crippen LogP contribution in [-0.4, -0.2) is 49.4 Å². The quantitative estimate of drug-likeness (QED) is 0.500. The molecule has 7 nitrogen and oxygen atoms in total. The summed E-state index contributed by atoms with van der Waals surface area (Å²) in [6.45, 7) is 3.74. The minimum absolute atomic E-state index is 0.0788. The van der Waals surface area contributed by atoms with Gasteiger partial charge in [0.15, 0.2) is 9.84 Å². The molecule has 0 spiro atoms. The Morgan fingerprint density at radius 1 is 1.07 bits per heavy atom. The fourth-order valence-corrected chi connectivity index (χ4v) is 5.26. The minimum atomic E-state index is -3.53. The lowest BCUT2D eigenvalue weighted by molar-refractivity contribution is -0.148. The van der Waals surface area contributed by atoms with Crippen LogP contribution in [0.3, 0.4) is 0 Å². The van der Waals surface area contributed by atoms with Crippen molar-refractivity contribution < 1.29 is 22.8 Å². The summed E-state index contributed by atoms with van der Waals surface area (Å²) in [6, 6.07) is 7.11. The molecular weight excluding hydrogens is 404 g/mol. The van der Waals surface area contributed by atoms with E-state index in [0.29, 0.717) is 19.3 Å². The molecule has 8 heteroatoms.